The first-order chi connectivity index (χ1) is 11.2. The summed E-state index contributed by atoms with van der Waals surface area (Å²) in [4.78, 5) is 16.4. The second-order valence-corrected chi connectivity index (χ2v) is 6.95. The van der Waals surface area contributed by atoms with Crippen LogP contribution in [-0.4, -0.2) is 16.6 Å². The first kappa shape index (κ1) is 16.1. The second kappa shape index (κ2) is 7.68. The Kier molecular flexibility index (Phi) is 5.38. The summed E-state index contributed by atoms with van der Waals surface area (Å²) in [5.74, 6) is 1.78. The molecule has 118 valence electrons. The van der Waals surface area contributed by atoms with Gasteiger partial charge in [-0.2, -0.15) is 0 Å². The average Bonchev–Trinajstić information content (AvgIpc) is 3.20. The molecule has 0 bridgehead atoms. The molecule has 23 heavy (non-hydrogen) atoms. The van der Waals surface area contributed by atoms with Crippen LogP contribution in [0, 0.1) is 0 Å². The zero-order valence-electron chi connectivity index (χ0n) is 12.0. The highest BCUT2D eigenvalue weighted by atomic mass is 35.5. The summed E-state index contributed by atoms with van der Waals surface area (Å²) in [5.41, 5.74) is 1.69. The number of rotatable bonds is 6. The van der Waals surface area contributed by atoms with Crippen LogP contribution in [0.4, 0.5) is 5.69 Å². The predicted octanol–water partition coefficient (Wildman–Crippen LogP) is 4.93. The molecule has 4 nitrogen and oxygen atoms in total. The van der Waals surface area contributed by atoms with E-state index in [-0.39, 0.29) is 5.91 Å². The molecule has 0 aliphatic heterocycles. The molecule has 3 aromatic rings. The van der Waals surface area contributed by atoms with Crippen molar-refractivity contribution < 1.29 is 9.21 Å². The van der Waals surface area contributed by atoms with Gasteiger partial charge < -0.3 is 9.73 Å². The third kappa shape index (κ3) is 4.60. The normalized spacial score (nSPS) is 10.7. The maximum atomic E-state index is 11.9. The smallest absolute Gasteiger partial charge is 0.234 e. The maximum absolute atomic E-state index is 11.9. The summed E-state index contributed by atoms with van der Waals surface area (Å²) in [6.45, 7) is 0. The fraction of sp³-hybridized carbons (Fsp3) is 0.125. The van der Waals surface area contributed by atoms with Crippen LogP contribution in [0.3, 0.4) is 0 Å². The van der Waals surface area contributed by atoms with Gasteiger partial charge in [-0.15, -0.1) is 23.1 Å². The molecule has 0 spiro atoms. The molecule has 0 radical (unpaired) electrons. The molecular weight excluding hydrogens is 352 g/mol. The molecule has 0 saturated heterocycles. The van der Waals surface area contributed by atoms with Crippen LogP contribution in [0.15, 0.2) is 52.5 Å². The summed E-state index contributed by atoms with van der Waals surface area (Å²) < 4.78 is 5.32. The van der Waals surface area contributed by atoms with Crippen molar-refractivity contribution in [3.8, 4) is 10.8 Å². The van der Waals surface area contributed by atoms with Gasteiger partial charge in [-0.3, -0.25) is 4.79 Å². The van der Waals surface area contributed by atoms with Gasteiger partial charge in [-0.05, 0) is 36.4 Å². The Morgan fingerprint density at radius 1 is 1.30 bits per heavy atom. The molecule has 2 aromatic heterocycles. The number of thioether (sulfide) groups is 1. The lowest BCUT2D eigenvalue weighted by Gasteiger charge is -2.04. The second-order valence-electron chi connectivity index (χ2n) is 4.67. The van der Waals surface area contributed by atoms with E-state index in [0.29, 0.717) is 16.5 Å². The largest absolute Gasteiger partial charge is 0.462 e. The van der Waals surface area contributed by atoms with E-state index in [9.17, 15) is 4.79 Å². The van der Waals surface area contributed by atoms with E-state index in [1.807, 2.05) is 17.5 Å². The van der Waals surface area contributed by atoms with E-state index in [0.717, 1.165) is 22.1 Å². The third-order valence-corrected chi connectivity index (χ3v) is 5.02. The zero-order valence-corrected chi connectivity index (χ0v) is 14.4. The van der Waals surface area contributed by atoms with Crippen LogP contribution in [0.25, 0.3) is 10.8 Å². The van der Waals surface area contributed by atoms with Crippen LogP contribution in [-0.2, 0) is 10.5 Å². The predicted molar refractivity (Wildman–Crippen MR) is 96.1 cm³/mol. The van der Waals surface area contributed by atoms with Gasteiger partial charge in [-0.1, -0.05) is 11.6 Å². The molecule has 0 atom stereocenters. The number of halogens is 1. The molecule has 7 heteroatoms. The lowest BCUT2D eigenvalue weighted by molar-refractivity contribution is -0.113. The number of benzene rings is 1. The zero-order chi connectivity index (χ0) is 16.1. The standard InChI is InChI=1S/C16H13ClN2O2S2/c17-11-3-5-12(6-4-11)18-15(20)10-22-8-13-9-23-16(19-13)14-2-1-7-21-14/h1-7,9H,8,10H2,(H,18,20). The summed E-state index contributed by atoms with van der Waals surface area (Å²) >= 11 is 8.87. The van der Waals surface area contributed by atoms with Crippen LogP contribution in [0.5, 0.6) is 0 Å². The molecule has 1 amide bonds. The Morgan fingerprint density at radius 2 is 2.13 bits per heavy atom. The fourth-order valence-electron chi connectivity index (χ4n) is 1.87. The van der Waals surface area contributed by atoms with Crippen molar-refractivity contribution in [3.05, 3.63) is 58.8 Å². The van der Waals surface area contributed by atoms with Gasteiger partial charge in [0, 0.05) is 21.8 Å². The minimum absolute atomic E-state index is 0.0428. The van der Waals surface area contributed by atoms with E-state index in [1.54, 1.807) is 30.5 Å². The van der Waals surface area contributed by atoms with E-state index in [4.69, 9.17) is 16.0 Å². The number of hydrogen-bond donors (Lipinski definition) is 1. The van der Waals surface area contributed by atoms with Crippen molar-refractivity contribution >= 4 is 46.3 Å². The Labute approximate surface area is 146 Å². The molecule has 0 fully saturated rings. The number of anilines is 1. The summed E-state index contributed by atoms with van der Waals surface area (Å²) in [6.07, 6.45) is 1.63. The Balaban J connectivity index is 1.46. The van der Waals surface area contributed by atoms with Gasteiger partial charge in [0.25, 0.3) is 0 Å². The van der Waals surface area contributed by atoms with Crippen LogP contribution >= 0.6 is 34.7 Å². The van der Waals surface area contributed by atoms with Gasteiger partial charge >= 0.3 is 0 Å². The number of carbonyl (C=O) groups excluding carboxylic acids is 1. The number of nitrogens with one attached hydrogen (secondary N) is 1. The maximum Gasteiger partial charge on any atom is 0.234 e. The minimum atomic E-state index is -0.0428. The minimum Gasteiger partial charge on any atom is -0.462 e. The van der Waals surface area contributed by atoms with Gasteiger partial charge in [0.2, 0.25) is 5.91 Å². The van der Waals surface area contributed by atoms with Gasteiger partial charge in [0.1, 0.15) is 0 Å². The highest BCUT2D eigenvalue weighted by Gasteiger charge is 2.08. The molecule has 0 aliphatic carbocycles. The third-order valence-electron chi connectivity index (χ3n) is 2.89. The molecule has 0 aliphatic rings. The number of furan rings is 1. The van der Waals surface area contributed by atoms with Crippen molar-refractivity contribution in [1.29, 1.82) is 0 Å². The van der Waals surface area contributed by atoms with Crippen LogP contribution < -0.4 is 5.32 Å². The van der Waals surface area contributed by atoms with E-state index < -0.39 is 0 Å². The number of amides is 1. The van der Waals surface area contributed by atoms with Crippen molar-refractivity contribution in [2.75, 3.05) is 11.1 Å². The average molecular weight is 365 g/mol. The highest BCUT2D eigenvalue weighted by molar-refractivity contribution is 7.99. The molecule has 0 saturated carbocycles. The lowest BCUT2D eigenvalue weighted by atomic mass is 10.3. The summed E-state index contributed by atoms with van der Waals surface area (Å²) in [7, 11) is 0. The van der Waals surface area contributed by atoms with Crippen molar-refractivity contribution in [2.45, 2.75) is 5.75 Å². The van der Waals surface area contributed by atoms with Crippen molar-refractivity contribution in [1.82, 2.24) is 4.98 Å². The summed E-state index contributed by atoms with van der Waals surface area (Å²) in [6, 6.07) is 10.8. The quantitative estimate of drug-likeness (QED) is 0.673. The molecular formula is C16H13ClN2O2S2. The molecule has 3 rings (SSSR count). The van der Waals surface area contributed by atoms with Gasteiger partial charge in [0.05, 0.1) is 17.7 Å². The van der Waals surface area contributed by atoms with Crippen LogP contribution in [0.2, 0.25) is 5.02 Å². The number of thiazole rings is 1. The Morgan fingerprint density at radius 3 is 2.87 bits per heavy atom. The van der Waals surface area contributed by atoms with E-state index in [2.05, 4.69) is 10.3 Å². The Bertz CT molecular complexity index is 770. The van der Waals surface area contributed by atoms with Gasteiger partial charge in [0.15, 0.2) is 10.8 Å². The number of hydrogen-bond acceptors (Lipinski definition) is 5. The number of carbonyl (C=O) groups is 1. The fourth-order valence-corrected chi connectivity index (χ4v) is 3.60. The molecule has 1 N–H and O–H groups in total. The number of aromatic nitrogens is 1. The first-order valence-corrected chi connectivity index (χ1v) is 9.23. The first-order valence-electron chi connectivity index (χ1n) is 6.82. The van der Waals surface area contributed by atoms with E-state index >= 15 is 0 Å². The monoisotopic (exact) mass is 364 g/mol. The SMILES string of the molecule is O=C(CSCc1csc(-c2ccco2)n1)Nc1ccc(Cl)cc1. The molecule has 1 aromatic carbocycles. The lowest BCUT2D eigenvalue weighted by Crippen LogP contribution is -2.14. The van der Waals surface area contributed by atoms with Crippen molar-refractivity contribution in [2.24, 2.45) is 0 Å². The molecule has 0 unspecified atom stereocenters. The highest BCUT2D eigenvalue weighted by Crippen LogP contribution is 2.25. The van der Waals surface area contributed by atoms with Gasteiger partial charge in [-0.25, -0.2) is 4.98 Å². The summed E-state index contributed by atoms with van der Waals surface area (Å²) in [5, 5.41) is 6.32. The van der Waals surface area contributed by atoms with Crippen molar-refractivity contribution in [3.63, 3.8) is 0 Å². The Hall–Kier alpha value is -1.76. The molecule has 2 heterocycles. The van der Waals surface area contributed by atoms with E-state index in [1.165, 1.54) is 23.1 Å². The number of nitrogens with zero attached hydrogens (tertiary/aromatic N) is 1. The topological polar surface area (TPSA) is 55.1 Å². The van der Waals surface area contributed by atoms with Crippen LogP contribution in [0.1, 0.15) is 5.69 Å².